The van der Waals surface area contributed by atoms with E-state index in [-0.39, 0.29) is 15.6 Å². The molecule has 0 radical (unpaired) electrons. The highest BCUT2D eigenvalue weighted by Crippen LogP contribution is 2.62. The Kier molecular flexibility index (Phi) is 9.30. The quantitative estimate of drug-likeness (QED) is 0.276. The van der Waals surface area contributed by atoms with Crippen molar-refractivity contribution in [3.63, 3.8) is 0 Å². The van der Waals surface area contributed by atoms with Crippen molar-refractivity contribution < 1.29 is 8.85 Å². The minimum absolute atomic E-state index is 0.0435. The van der Waals surface area contributed by atoms with Crippen LogP contribution in [0.4, 0.5) is 0 Å². The number of hydrogen-bond donors (Lipinski definition) is 0. The predicted octanol–water partition coefficient (Wildman–Crippen LogP) is 9.53. The molecule has 1 rings (SSSR count). The van der Waals surface area contributed by atoms with Crippen LogP contribution >= 0.6 is 0 Å². The van der Waals surface area contributed by atoms with Gasteiger partial charge in [0.2, 0.25) is 8.32 Å². The van der Waals surface area contributed by atoms with E-state index in [1.807, 2.05) is 0 Å². The molecule has 0 saturated carbocycles. The summed E-state index contributed by atoms with van der Waals surface area (Å²) < 4.78 is 14.6. The van der Waals surface area contributed by atoms with Crippen LogP contribution in [-0.4, -0.2) is 23.2 Å². The second kappa shape index (κ2) is 10.1. The van der Waals surface area contributed by atoms with Crippen LogP contribution in [-0.2, 0) is 8.85 Å². The van der Waals surface area contributed by atoms with E-state index in [4.69, 9.17) is 8.85 Å². The SMILES string of the molecule is C=C[C@H]1C(O[Si](C(C)C)(C(C)C)C(C)C)=C(/C=C/C)CCO[Si]1(C(C)(C)C)C(C)(C)C. The average molecular weight is 465 g/mol. The maximum Gasteiger partial charge on any atom is 0.258 e. The van der Waals surface area contributed by atoms with Gasteiger partial charge in [-0.1, -0.05) is 101 Å². The lowest BCUT2D eigenvalue weighted by Gasteiger charge is -2.55. The van der Waals surface area contributed by atoms with Crippen molar-refractivity contribution in [2.75, 3.05) is 6.61 Å². The molecule has 1 heterocycles. The summed E-state index contributed by atoms with van der Waals surface area (Å²) in [6.45, 7) is 35.7. The van der Waals surface area contributed by atoms with Crippen molar-refractivity contribution in [1.29, 1.82) is 0 Å². The van der Waals surface area contributed by atoms with Crippen molar-refractivity contribution in [2.45, 2.75) is 129 Å². The first-order valence-electron chi connectivity index (χ1n) is 12.4. The molecular formula is C27H52O2Si2. The maximum absolute atomic E-state index is 7.51. The zero-order valence-electron chi connectivity index (χ0n) is 23.0. The second-order valence-electron chi connectivity index (χ2n) is 12.4. The molecule has 0 aliphatic carbocycles. The molecule has 0 amide bonds. The summed E-state index contributed by atoms with van der Waals surface area (Å²) in [5.41, 5.74) is 3.03. The molecule has 31 heavy (non-hydrogen) atoms. The van der Waals surface area contributed by atoms with Crippen LogP contribution in [0.15, 0.2) is 36.1 Å². The van der Waals surface area contributed by atoms with Gasteiger partial charge >= 0.3 is 0 Å². The van der Waals surface area contributed by atoms with Crippen LogP contribution in [0.2, 0.25) is 32.2 Å². The number of rotatable bonds is 7. The Morgan fingerprint density at radius 2 is 1.42 bits per heavy atom. The van der Waals surface area contributed by atoms with E-state index in [1.165, 1.54) is 11.3 Å². The molecule has 1 aliphatic heterocycles. The fourth-order valence-corrected chi connectivity index (χ4v) is 18.7. The Morgan fingerprint density at radius 3 is 1.74 bits per heavy atom. The van der Waals surface area contributed by atoms with Gasteiger partial charge in [0.05, 0.1) is 11.3 Å². The lowest BCUT2D eigenvalue weighted by Crippen LogP contribution is -2.59. The van der Waals surface area contributed by atoms with E-state index in [2.05, 4.69) is 115 Å². The van der Waals surface area contributed by atoms with Crippen molar-refractivity contribution in [2.24, 2.45) is 0 Å². The molecule has 0 aromatic rings. The molecule has 0 unspecified atom stereocenters. The largest absolute Gasteiger partial charge is 0.545 e. The summed E-state index contributed by atoms with van der Waals surface area (Å²) in [6, 6.07) is 0. The summed E-state index contributed by atoms with van der Waals surface area (Å²) in [7, 11) is -4.54. The van der Waals surface area contributed by atoms with E-state index in [9.17, 15) is 0 Å². The molecule has 0 bridgehead atoms. The molecule has 1 atom stereocenters. The van der Waals surface area contributed by atoms with E-state index >= 15 is 0 Å². The van der Waals surface area contributed by atoms with Gasteiger partial charge in [-0.2, -0.15) is 0 Å². The Labute approximate surface area is 196 Å². The van der Waals surface area contributed by atoms with Crippen LogP contribution in [0.5, 0.6) is 0 Å². The van der Waals surface area contributed by atoms with Crippen molar-refractivity contribution >= 4 is 16.6 Å². The summed E-state index contributed by atoms with van der Waals surface area (Å²) >= 11 is 0. The van der Waals surface area contributed by atoms with E-state index in [1.54, 1.807) is 0 Å². The lowest BCUT2D eigenvalue weighted by molar-refractivity contribution is 0.257. The predicted molar refractivity (Wildman–Crippen MR) is 144 cm³/mol. The van der Waals surface area contributed by atoms with E-state index < -0.39 is 16.6 Å². The first-order chi connectivity index (χ1) is 14.0. The zero-order chi connectivity index (χ0) is 24.4. The van der Waals surface area contributed by atoms with Gasteiger partial charge in [-0.25, -0.2) is 0 Å². The minimum atomic E-state index is -2.42. The minimum Gasteiger partial charge on any atom is -0.545 e. The van der Waals surface area contributed by atoms with Crippen LogP contribution in [0.1, 0.15) is 96.4 Å². The molecule has 180 valence electrons. The fourth-order valence-electron chi connectivity index (χ4n) is 6.72. The highest BCUT2D eigenvalue weighted by atomic mass is 28.4. The van der Waals surface area contributed by atoms with Gasteiger partial charge < -0.3 is 8.85 Å². The van der Waals surface area contributed by atoms with Crippen LogP contribution in [0, 0.1) is 0 Å². The molecule has 2 nitrogen and oxygen atoms in total. The summed E-state index contributed by atoms with van der Waals surface area (Å²) in [6.07, 6.45) is 7.51. The Hall–Kier alpha value is -0.586. The zero-order valence-corrected chi connectivity index (χ0v) is 25.0. The standard InChI is InChI=1S/C27H52O2Si2/c1-15-17-23-18-19-28-31(26(9,10)11,27(12,13)14)24(16-2)25(23)29-30(20(3)4,21(5)6)22(7)8/h15-17,20-22,24H,2,18-19H2,1,3-14H3/b17-15+/t24-/m0/s1. The number of hydrogen-bond acceptors (Lipinski definition) is 2. The highest BCUT2D eigenvalue weighted by Gasteiger charge is 2.62. The molecule has 4 heteroatoms. The number of allylic oxidation sites excluding steroid dienone is 3. The summed E-state index contributed by atoms with van der Waals surface area (Å²) in [5.74, 6) is 1.19. The smallest absolute Gasteiger partial charge is 0.258 e. The molecular weight excluding hydrogens is 412 g/mol. The Bertz CT molecular complexity index is 637. The Balaban J connectivity index is 3.98. The summed E-state index contributed by atoms with van der Waals surface area (Å²) in [4.78, 5) is 0. The topological polar surface area (TPSA) is 18.5 Å². The van der Waals surface area contributed by atoms with E-state index in [0.29, 0.717) is 16.6 Å². The normalized spacial score (nSPS) is 21.4. The van der Waals surface area contributed by atoms with Gasteiger partial charge in [0.1, 0.15) is 0 Å². The third-order valence-electron chi connectivity index (χ3n) is 7.56. The molecule has 0 saturated heterocycles. The van der Waals surface area contributed by atoms with Crippen LogP contribution in [0.3, 0.4) is 0 Å². The lowest BCUT2D eigenvalue weighted by atomic mass is 10.1. The van der Waals surface area contributed by atoms with Crippen molar-refractivity contribution in [3.05, 3.63) is 36.1 Å². The molecule has 0 aromatic carbocycles. The second-order valence-corrected chi connectivity index (χ2v) is 23.1. The first kappa shape index (κ1) is 28.4. The van der Waals surface area contributed by atoms with Crippen molar-refractivity contribution in [3.8, 4) is 0 Å². The first-order valence-corrected chi connectivity index (χ1v) is 16.5. The third kappa shape index (κ3) is 5.01. The highest BCUT2D eigenvalue weighted by molar-refractivity contribution is 6.82. The molecule has 0 spiro atoms. The maximum atomic E-state index is 7.51. The monoisotopic (exact) mass is 464 g/mol. The molecule has 1 aliphatic rings. The van der Waals surface area contributed by atoms with E-state index in [0.717, 1.165) is 13.0 Å². The molecule has 0 fully saturated rings. The van der Waals surface area contributed by atoms with Gasteiger partial charge in [0.15, 0.2) is 0 Å². The summed E-state index contributed by atoms with van der Waals surface area (Å²) in [5, 5.41) is 0.0869. The third-order valence-corrected chi connectivity index (χ3v) is 20.0. The average Bonchev–Trinajstić information content (AvgIpc) is 2.75. The van der Waals surface area contributed by atoms with Crippen LogP contribution in [0.25, 0.3) is 0 Å². The van der Waals surface area contributed by atoms with Gasteiger partial charge in [0, 0.05) is 6.61 Å². The van der Waals surface area contributed by atoms with Crippen molar-refractivity contribution in [1.82, 2.24) is 0 Å². The molecule has 0 aromatic heterocycles. The van der Waals surface area contributed by atoms with Crippen LogP contribution < -0.4 is 0 Å². The van der Waals surface area contributed by atoms with Gasteiger partial charge in [-0.15, -0.1) is 6.58 Å². The fraction of sp³-hybridized carbons (Fsp3) is 0.778. The molecule has 0 N–H and O–H groups in total. The van der Waals surface area contributed by atoms with Gasteiger partial charge in [0.25, 0.3) is 8.32 Å². The van der Waals surface area contributed by atoms with Gasteiger partial charge in [-0.05, 0) is 45.6 Å². The Morgan fingerprint density at radius 1 is 0.968 bits per heavy atom. The van der Waals surface area contributed by atoms with Gasteiger partial charge in [-0.3, -0.25) is 0 Å².